The number of thioether (sulfide) groups is 1. The number of aromatic amines is 2. The molecule has 44 nitrogen and oxygen atoms in total. The number of aliphatic hydroxyl groups is 1. The fourth-order valence-electron chi connectivity index (χ4n) is 17.0. The SMILES string of the molecule is CCCC[C@H]1C(=O)N(C)[C@@H](CCCC)C(=O)N[C@@H](CCCNC(=N)N)C(=O)N[C@H](C(=O)NCC(N)=O)CSCC(=O)N[C@@H](Cc2ccc(O)cc2)C(=O)N2OC(=O)C[C@H]2C(=O)N[C@@H](CC(N)=O)C(=O)N2CCC[C@H]2C(=O)N[C@@H](Cc2cnc[nH]2)C(=O)N[C@@H](CC(C)C)C(=O)N2CCC[C@H]2C(=O)N[C@@H](Cc2c[nH]c3ccccc23)C(=O)N[C@@H](CO)C(=O)N[C@@H](Cc2csc3ccccc23)C(=O)N1C. The monoisotopic (exact) mass is 1940 g/mol. The lowest BCUT2D eigenvalue weighted by Gasteiger charge is -2.36. The predicted molar refractivity (Wildman–Crippen MR) is 501 cm³/mol. The van der Waals surface area contributed by atoms with E-state index in [-0.39, 0.29) is 114 Å². The minimum absolute atomic E-state index is 0.00436. The van der Waals surface area contributed by atoms with Crippen LogP contribution in [0.15, 0.2) is 96.9 Å². The molecule has 740 valence electrons. The Morgan fingerprint density at radius 1 is 0.562 bits per heavy atom. The first kappa shape index (κ1) is 105. The van der Waals surface area contributed by atoms with Crippen molar-refractivity contribution in [2.24, 2.45) is 23.1 Å². The normalized spacial score (nSPS) is 24.4. The molecule has 4 aliphatic rings. The van der Waals surface area contributed by atoms with Gasteiger partial charge in [-0.1, -0.05) is 102 Å². The molecule has 4 fully saturated rings. The van der Waals surface area contributed by atoms with Gasteiger partial charge in [0, 0.05) is 98.9 Å². The number of unbranched alkanes of at least 4 members (excludes halogenated alkanes) is 2. The van der Waals surface area contributed by atoms with Crippen LogP contribution in [-0.2, 0) is 117 Å². The highest BCUT2D eigenvalue weighted by atomic mass is 32.2. The molecule has 0 bridgehead atoms. The molecule has 0 saturated carbocycles. The molecule has 0 radical (unpaired) electrons. The number of nitrogens with one attached hydrogen (secondary N) is 14. The number of likely N-dealkylation sites (N-methyl/N-ethyl adjacent to an activating group) is 2. The molecular weight excluding hydrogens is 1820 g/mol. The van der Waals surface area contributed by atoms with Gasteiger partial charge in [-0.25, -0.2) is 9.78 Å². The van der Waals surface area contributed by atoms with Crippen molar-refractivity contribution in [2.45, 2.75) is 234 Å². The highest BCUT2D eigenvalue weighted by Gasteiger charge is 2.49. The molecule has 0 unspecified atom stereocenters. The van der Waals surface area contributed by atoms with Gasteiger partial charge in [-0.3, -0.25) is 86.9 Å². The minimum Gasteiger partial charge on any atom is -0.508 e. The number of rotatable bonds is 26. The number of nitrogens with two attached hydrogens (primary N) is 3. The number of amides is 17. The number of nitrogens with zero attached hydrogens (tertiary/aromatic N) is 6. The molecule has 4 saturated heterocycles. The number of hydroxylamine groups is 2. The molecule has 137 heavy (non-hydrogen) atoms. The Bertz CT molecular complexity index is 5370. The van der Waals surface area contributed by atoms with Crippen molar-refractivity contribution in [1.29, 1.82) is 5.41 Å². The van der Waals surface area contributed by atoms with E-state index in [0.717, 1.165) is 19.4 Å². The Morgan fingerprint density at radius 3 is 1.75 bits per heavy atom. The number of primary amides is 2. The lowest BCUT2D eigenvalue weighted by atomic mass is 10.00. The van der Waals surface area contributed by atoms with Crippen LogP contribution in [0.2, 0.25) is 0 Å². The molecule has 22 N–H and O–H groups in total. The van der Waals surface area contributed by atoms with Gasteiger partial charge >= 0.3 is 5.97 Å². The van der Waals surface area contributed by atoms with Gasteiger partial charge in [0.15, 0.2) is 12.0 Å². The maximum absolute atomic E-state index is 15.8. The van der Waals surface area contributed by atoms with Crippen LogP contribution in [0.5, 0.6) is 5.75 Å². The third-order valence-corrected chi connectivity index (χ3v) is 26.3. The van der Waals surface area contributed by atoms with Crippen molar-refractivity contribution in [2.75, 3.05) is 58.4 Å². The number of benzene rings is 3. The van der Waals surface area contributed by atoms with Gasteiger partial charge in [-0.15, -0.1) is 23.1 Å². The van der Waals surface area contributed by atoms with Gasteiger partial charge < -0.3 is 120 Å². The summed E-state index contributed by atoms with van der Waals surface area (Å²) in [7, 11) is 2.70. The van der Waals surface area contributed by atoms with E-state index in [1.54, 1.807) is 55.8 Å². The smallest absolute Gasteiger partial charge is 0.335 e. The molecule has 3 aromatic heterocycles. The van der Waals surface area contributed by atoms with E-state index < -0.39 is 241 Å². The van der Waals surface area contributed by atoms with Crippen molar-refractivity contribution in [3.8, 4) is 5.75 Å². The number of carbonyl (C=O) groups excluding carboxylic acids is 18. The van der Waals surface area contributed by atoms with Gasteiger partial charge in [0.05, 0.1) is 38.1 Å². The average Bonchev–Trinajstić information content (AvgIpc) is 1.74. The number of hydrogen-bond acceptors (Lipinski definition) is 25. The predicted octanol–water partition coefficient (Wildman–Crippen LogP) is -1.95. The lowest BCUT2D eigenvalue weighted by molar-refractivity contribution is -0.190. The zero-order valence-corrected chi connectivity index (χ0v) is 78.8. The third kappa shape index (κ3) is 28.9. The Kier molecular flexibility index (Phi) is 38.5. The number of fused-ring (bicyclic) bond motifs is 5. The van der Waals surface area contributed by atoms with Crippen LogP contribution in [0.3, 0.4) is 0 Å². The van der Waals surface area contributed by atoms with Crippen LogP contribution < -0.4 is 75.7 Å². The summed E-state index contributed by atoms with van der Waals surface area (Å²) in [5, 5.41) is 61.9. The molecule has 0 spiro atoms. The van der Waals surface area contributed by atoms with E-state index in [4.69, 9.17) is 27.4 Å². The molecule has 46 heteroatoms. The van der Waals surface area contributed by atoms with Gasteiger partial charge in [-0.2, -0.15) is 5.06 Å². The Morgan fingerprint density at radius 2 is 1.12 bits per heavy atom. The first-order valence-electron chi connectivity index (χ1n) is 45.7. The molecule has 3 aromatic carbocycles. The average molecular weight is 1940 g/mol. The van der Waals surface area contributed by atoms with Crippen molar-refractivity contribution < 1.29 is 101 Å². The molecule has 4 aliphatic heterocycles. The van der Waals surface area contributed by atoms with Crippen molar-refractivity contribution in [1.82, 2.24) is 98.1 Å². The first-order valence-corrected chi connectivity index (χ1v) is 47.8. The molecule has 0 aliphatic carbocycles. The summed E-state index contributed by atoms with van der Waals surface area (Å²) in [6.45, 7) is 5.19. The Hall–Kier alpha value is -13.8. The van der Waals surface area contributed by atoms with Crippen molar-refractivity contribution >= 4 is 156 Å². The van der Waals surface area contributed by atoms with E-state index >= 15 is 43.2 Å². The number of aromatic hydroxyl groups is 1. The zero-order valence-electron chi connectivity index (χ0n) is 77.2. The summed E-state index contributed by atoms with van der Waals surface area (Å²) in [4.78, 5) is 285. The second-order valence-corrected chi connectivity index (χ2v) is 36.8. The van der Waals surface area contributed by atoms with Crippen LogP contribution in [-0.4, -0.2) is 305 Å². The fraction of sp³-hybridized carbons (Fsp3) is 0.516. The second-order valence-electron chi connectivity index (χ2n) is 34.9. The summed E-state index contributed by atoms with van der Waals surface area (Å²) in [5.74, 6) is -19.8. The largest absolute Gasteiger partial charge is 0.508 e. The van der Waals surface area contributed by atoms with Gasteiger partial charge in [0.25, 0.3) is 5.91 Å². The summed E-state index contributed by atoms with van der Waals surface area (Å²) < 4.78 is 0.817. The number of aromatic nitrogens is 3. The van der Waals surface area contributed by atoms with Crippen LogP contribution in [0, 0.1) is 11.3 Å². The molecule has 17 amide bonds. The number of carbonyl (C=O) groups is 18. The Labute approximate surface area is 798 Å². The fourth-order valence-corrected chi connectivity index (χ4v) is 18.9. The molecule has 6 aromatic rings. The molecular formula is C91H123N23O21S2. The highest BCUT2D eigenvalue weighted by molar-refractivity contribution is 8.00. The summed E-state index contributed by atoms with van der Waals surface area (Å²) in [5.41, 5.74) is 19.2. The van der Waals surface area contributed by atoms with Crippen molar-refractivity contribution in [3.05, 3.63) is 119 Å². The van der Waals surface area contributed by atoms with E-state index in [1.807, 2.05) is 32.0 Å². The maximum Gasteiger partial charge on any atom is 0.335 e. The minimum atomic E-state index is -1.94. The number of imidazole rings is 1. The van der Waals surface area contributed by atoms with Crippen LogP contribution in [0.25, 0.3) is 21.0 Å². The van der Waals surface area contributed by atoms with E-state index in [9.17, 15) is 53.4 Å². The summed E-state index contributed by atoms with van der Waals surface area (Å²) >= 11 is 2.06. The number of para-hydroxylation sites is 1. The topological polar surface area (TPSA) is 652 Å². The Balaban J connectivity index is 1.02. The quantitative estimate of drug-likeness (QED) is 0.0159. The number of aliphatic hydroxyl groups excluding tert-OH is 1. The number of hydrogen-bond donors (Lipinski definition) is 19. The third-order valence-electron chi connectivity index (χ3n) is 24.2. The van der Waals surface area contributed by atoms with Gasteiger partial charge in [0.2, 0.25) is 94.5 Å². The van der Waals surface area contributed by atoms with Gasteiger partial charge in [-0.05, 0) is 115 Å². The van der Waals surface area contributed by atoms with E-state index in [2.05, 4.69) is 73.4 Å². The summed E-state index contributed by atoms with van der Waals surface area (Å²) in [6, 6.07) is -2.59. The standard InChI is InChI=1S/C91H123N23O21S2/c1-7-9-22-67-82(126)102-58(21-15-31-97-91(94)95)78(122)109-66(77(121)99-43-74(93)118)46-136-47-75(119)101-62(35-50-27-29-54(116)30-28-50)89(133)114-71(40-76(120)135-114)85(129)107-64(39-73(92)117)88(132)113-33-17-25-69(113)84(128)104-60(38-53-42-96-48-100-53)80(124)105-61(34-49(3)4)87(131)112-32-16-24-68(112)83(127)103-59(36-51-41-98-57-20-13-11-18-55(51)57)79(123)108-65(44-115)81(125)106-63(37-52-45-137-72-26-14-12-19-56(52)72)86(130)111(6)70(23-10-8-2)90(134)110(67)5/h11-14,18-20,26-30,41-42,45,48-49,58-71,98,115-116H,7-10,15-17,21-25,31-40,43-44,46-47H2,1-6H3,(H2,92,117)(H2,93,118)(H,96,100)(H,99,121)(H,101,119)(H,102,126)(H,103,127)(H,104,128)(H,105,124)(H,106,125)(H,107,129)(H,108,123)(H,109,122)(H4,94,95,97)/t58-,59-,60-,61-,62-,63-,64-,65-,66-,67-,68-,69-,70-,71-/m0/s1. The van der Waals surface area contributed by atoms with Crippen LogP contribution in [0.4, 0.5) is 0 Å². The number of guanidine groups is 1. The lowest BCUT2D eigenvalue weighted by Crippen LogP contribution is -2.62. The molecule has 10 rings (SSSR count). The van der Waals surface area contributed by atoms with E-state index in [0.29, 0.717) is 75.6 Å². The molecule has 7 heterocycles. The molecule has 14 atom stereocenters. The number of phenolic OH excluding ortho intramolecular Hbond substituents is 1. The number of H-pyrrole nitrogens is 2. The second kappa shape index (κ2) is 50.2. The summed E-state index contributed by atoms with van der Waals surface area (Å²) in [6.07, 6.45) is 3.11. The first-order chi connectivity index (χ1) is 65.4. The number of phenols is 1. The zero-order chi connectivity index (χ0) is 99.4. The number of thiophene rings is 1. The van der Waals surface area contributed by atoms with Crippen LogP contribution in [0.1, 0.15) is 146 Å². The van der Waals surface area contributed by atoms with Crippen LogP contribution >= 0.6 is 23.1 Å². The van der Waals surface area contributed by atoms with Gasteiger partial charge in [0.1, 0.15) is 84.3 Å². The maximum atomic E-state index is 15.8. The highest BCUT2D eigenvalue weighted by Crippen LogP contribution is 2.31. The van der Waals surface area contributed by atoms with E-state index in [1.165, 1.54) is 67.1 Å². The van der Waals surface area contributed by atoms with Crippen molar-refractivity contribution in [3.63, 3.8) is 0 Å².